The smallest absolute Gasteiger partial charge is 0.277 e. The van der Waals surface area contributed by atoms with Crippen LogP contribution in [0.3, 0.4) is 0 Å². The Balaban J connectivity index is 1.73. The molecule has 0 bridgehead atoms. The Morgan fingerprint density at radius 2 is 1.88 bits per heavy atom. The molecule has 0 fully saturated rings. The van der Waals surface area contributed by atoms with Gasteiger partial charge in [-0.1, -0.05) is 53.7 Å². The van der Waals surface area contributed by atoms with Gasteiger partial charge in [-0.3, -0.25) is 4.79 Å². The number of nitrogens with one attached hydrogen (secondary N) is 1. The third-order valence-electron chi connectivity index (χ3n) is 3.67. The van der Waals surface area contributed by atoms with Crippen LogP contribution in [-0.4, -0.2) is 28.0 Å². The highest BCUT2D eigenvalue weighted by atomic mass is 19.1. The van der Waals surface area contributed by atoms with E-state index in [1.807, 2.05) is 30.3 Å². The van der Waals surface area contributed by atoms with E-state index in [9.17, 15) is 9.18 Å². The van der Waals surface area contributed by atoms with Gasteiger partial charge in [0, 0.05) is 12.1 Å². The highest BCUT2D eigenvalue weighted by molar-refractivity contribution is 5.94. The summed E-state index contributed by atoms with van der Waals surface area (Å²) in [5, 5.41) is 10.5. The first-order chi connectivity index (χ1) is 12.2. The van der Waals surface area contributed by atoms with Crippen molar-refractivity contribution in [2.24, 2.45) is 0 Å². The van der Waals surface area contributed by atoms with Gasteiger partial charge >= 0.3 is 0 Å². The maximum absolute atomic E-state index is 13.6. The van der Waals surface area contributed by atoms with Gasteiger partial charge in [0.15, 0.2) is 0 Å². The molecule has 1 heterocycles. The van der Waals surface area contributed by atoms with E-state index in [4.69, 9.17) is 4.74 Å². The molecule has 0 aliphatic carbocycles. The standard InChI is InChI=1S/C18H17FN4O2/c1-25-18-16(17(24)20-11-14-9-5-6-10-15(14)19)21-22-23(18)12-13-7-3-2-4-8-13/h2-10H,11-12H2,1H3,(H,20,24). The molecule has 3 aromatic rings. The Bertz CT molecular complexity index is 865. The number of aromatic nitrogens is 3. The zero-order valence-corrected chi connectivity index (χ0v) is 13.6. The lowest BCUT2D eigenvalue weighted by molar-refractivity contribution is 0.0942. The Morgan fingerprint density at radius 3 is 2.60 bits per heavy atom. The number of carbonyl (C=O) groups excluding carboxylic acids is 1. The number of halogens is 1. The molecule has 2 aromatic carbocycles. The number of nitrogens with zero attached hydrogens (tertiary/aromatic N) is 3. The number of hydrogen-bond donors (Lipinski definition) is 1. The number of ether oxygens (including phenoxy) is 1. The van der Waals surface area contributed by atoms with E-state index in [-0.39, 0.29) is 23.9 Å². The number of amides is 1. The van der Waals surface area contributed by atoms with E-state index in [2.05, 4.69) is 15.6 Å². The fourth-order valence-electron chi connectivity index (χ4n) is 2.41. The maximum atomic E-state index is 13.6. The zero-order valence-electron chi connectivity index (χ0n) is 13.6. The number of hydrogen-bond acceptors (Lipinski definition) is 4. The zero-order chi connectivity index (χ0) is 17.6. The Labute approximate surface area is 144 Å². The van der Waals surface area contributed by atoms with Gasteiger partial charge < -0.3 is 10.1 Å². The molecule has 0 atom stereocenters. The molecular weight excluding hydrogens is 323 g/mol. The van der Waals surface area contributed by atoms with Crippen molar-refractivity contribution >= 4 is 5.91 Å². The van der Waals surface area contributed by atoms with Crippen molar-refractivity contribution in [3.63, 3.8) is 0 Å². The maximum Gasteiger partial charge on any atom is 0.277 e. The summed E-state index contributed by atoms with van der Waals surface area (Å²) >= 11 is 0. The number of benzene rings is 2. The first kappa shape index (κ1) is 16.6. The fraction of sp³-hybridized carbons (Fsp3) is 0.167. The Morgan fingerprint density at radius 1 is 1.16 bits per heavy atom. The minimum atomic E-state index is -0.473. The second-order valence-corrected chi connectivity index (χ2v) is 5.36. The highest BCUT2D eigenvalue weighted by Gasteiger charge is 2.21. The van der Waals surface area contributed by atoms with Gasteiger partial charge in [-0.05, 0) is 11.6 Å². The molecule has 0 spiro atoms. The van der Waals surface area contributed by atoms with Crippen molar-refractivity contribution in [3.8, 4) is 5.88 Å². The molecule has 3 rings (SSSR count). The lowest BCUT2D eigenvalue weighted by atomic mass is 10.2. The second-order valence-electron chi connectivity index (χ2n) is 5.36. The molecule has 0 radical (unpaired) electrons. The topological polar surface area (TPSA) is 69.0 Å². The molecule has 0 aliphatic heterocycles. The van der Waals surface area contributed by atoms with Gasteiger partial charge in [0.05, 0.1) is 13.7 Å². The van der Waals surface area contributed by atoms with Crippen LogP contribution >= 0.6 is 0 Å². The molecule has 0 saturated carbocycles. The van der Waals surface area contributed by atoms with Gasteiger partial charge in [0.25, 0.3) is 5.91 Å². The summed E-state index contributed by atoms with van der Waals surface area (Å²) in [7, 11) is 1.45. The van der Waals surface area contributed by atoms with Crippen molar-refractivity contribution in [1.82, 2.24) is 20.3 Å². The van der Waals surface area contributed by atoms with Crippen molar-refractivity contribution in [3.05, 3.63) is 77.2 Å². The van der Waals surface area contributed by atoms with Crippen LogP contribution in [0.5, 0.6) is 5.88 Å². The van der Waals surface area contributed by atoms with Crippen LogP contribution in [-0.2, 0) is 13.1 Å². The molecule has 0 unspecified atom stereocenters. The van der Waals surface area contributed by atoms with Gasteiger partial charge in [-0.15, -0.1) is 5.10 Å². The van der Waals surface area contributed by atoms with Crippen molar-refractivity contribution in [2.75, 3.05) is 7.11 Å². The van der Waals surface area contributed by atoms with Gasteiger partial charge in [0.1, 0.15) is 5.82 Å². The van der Waals surface area contributed by atoms with Crippen LogP contribution in [0.2, 0.25) is 0 Å². The van der Waals surface area contributed by atoms with Crippen LogP contribution in [0.1, 0.15) is 21.6 Å². The number of carbonyl (C=O) groups is 1. The molecule has 0 aliphatic rings. The van der Waals surface area contributed by atoms with Gasteiger partial charge in [0.2, 0.25) is 11.6 Å². The SMILES string of the molecule is COc1c(C(=O)NCc2ccccc2F)nnn1Cc1ccccc1. The number of methoxy groups -OCH3 is 1. The summed E-state index contributed by atoms with van der Waals surface area (Å²) in [6.45, 7) is 0.484. The summed E-state index contributed by atoms with van der Waals surface area (Å²) < 4.78 is 20.4. The van der Waals surface area contributed by atoms with Crippen LogP contribution in [0.4, 0.5) is 4.39 Å². The number of rotatable bonds is 6. The third kappa shape index (κ3) is 3.82. The predicted molar refractivity (Wildman–Crippen MR) is 89.7 cm³/mol. The summed E-state index contributed by atoms with van der Waals surface area (Å²) in [5.41, 5.74) is 1.46. The van der Waals surface area contributed by atoms with E-state index >= 15 is 0 Å². The molecule has 128 valence electrons. The summed E-state index contributed by atoms with van der Waals surface area (Å²) in [4.78, 5) is 12.3. The largest absolute Gasteiger partial charge is 0.479 e. The second kappa shape index (κ2) is 7.57. The van der Waals surface area contributed by atoms with E-state index in [1.54, 1.807) is 18.2 Å². The third-order valence-corrected chi connectivity index (χ3v) is 3.67. The van der Waals surface area contributed by atoms with Crippen LogP contribution in [0.15, 0.2) is 54.6 Å². The van der Waals surface area contributed by atoms with E-state index < -0.39 is 5.91 Å². The summed E-state index contributed by atoms with van der Waals surface area (Å²) in [6.07, 6.45) is 0. The first-order valence-corrected chi connectivity index (χ1v) is 7.72. The molecule has 1 aromatic heterocycles. The van der Waals surface area contributed by atoms with Crippen molar-refractivity contribution < 1.29 is 13.9 Å². The normalized spacial score (nSPS) is 10.5. The fourth-order valence-corrected chi connectivity index (χ4v) is 2.41. The van der Waals surface area contributed by atoms with Crippen LogP contribution < -0.4 is 10.1 Å². The minimum absolute atomic E-state index is 0.0558. The van der Waals surface area contributed by atoms with Crippen LogP contribution in [0, 0.1) is 5.82 Å². The monoisotopic (exact) mass is 340 g/mol. The van der Waals surface area contributed by atoms with Gasteiger partial charge in [-0.2, -0.15) is 0 Å². The van der Waals surface area contributed by atoms with Gasteiger partial charge in [-0.25, -0.2) is 9.07 Å². The summed E-state index contributed by atoms with van der Waals surface area (Å²) in [6, 6.07) is 15.9. The average Bonchev–Trinajstić information content (AvgIpc) is 3.04. The van der Waals surface area contributed by atoms with E-state index in [0.717, 1.165) is 5.56 Å². The van der Waals surface area contributed by atoms with Crippen LogP contribution in [0.25, 0.3) is 0 Å². The first-order valence-electron chi connectivity index (χ1n) is 7.72. The Hall–Kier alpha value is -3.22. The molecule has 1 amide bonds. The molecule has 25 heavy (non-hydrogen) atoms. The molecule has 7 heteroatoms. The average molecular weight is 340 g/mol. The lowest BCUT2D eigenvalue weighted by Gasteiger charge is -2.07. The van der Waals surface area contributed by atoms with Crippen molar-refractivity contribution in [2.45, 2.75) is 13.1 Å². The molecular formula is C18H17FN4O2. The molecule has 6 nitrogen and oxygen atoms in total. The minimum Gasteiger partial charge on any atom is -0.479 e. The quantitative estimate of drug-likeness (QED) is 0.748. The highest BCUT2D eigenvalue weighted by Crippen LogP contribution is 2.17. The van der Waals surface area contributed by atoms with E-state index in [0.29, 0.717) is 12.1 Å². The molecule has 1 N–H and O–H groups in total. The Kier molecular flexibility index (Phi) is 5.03. The summed E-state index contributed by atoms with van der Waals surface area (Å²) in [5.74, 6) is -0.586. The van der Waals surface area contributed by atoms with E-state index in [1.165, 1.54) is 17.9 Å². The predicted octanol–water partition coefficient (Wildman–Crippen LogP) is 2.40. The van der Waals surface area contributed by atoms with Crippen molar-refractivity contribution in [1.29, 1.82) is 0 Å². The lowest BCUT2D eigenvalue weighted by Crippen LogP contribution is -2.24. The molecule has 0 saturated heterocycles.